The first-order valence-corrected chi connectivity index (χ1v) is 4.57. The van der Waals surface area contributed by atoms with Crippen molar-refractivity contribution in [2.45, 2.75) is 6.10 Å². The van der Waals surface area contributed by atoms with E-state index in [9.17, 15) is 10.1 Å². The number of phenols is 1. The van der Waals surface area contributed by atoms with Crippen LogP contribution in [0, 0.1) is 0 Å². The lowest BCUT2D eigenvalue weighted by Crippen LogP contribution is -2.28. The number of nitrogens with two attached hydrogens (primary N) is 1. The summed E-state index contributed by atoms with van der Waals surface area (Å²) < 4.78 is 5.13. The Morgan fingerprint density at radius 3 is 2.93 bits per heavy atom. The fourth-order valence-electron chi connectivity index (χ4n) is 1.65. The van der Waals surface area contributed by atoms with Crippen LogP contribution in [0.4, 0.5) is 0 Å². The molecule has 0 saturated carbocycles. The predicted octanol–water partition coefficient (Wildman–Crippen LogP) is -0.237. The van der Waals surface area contributed by atoms with Crippen molar-refractivity contribution in [1.82, 2.24) is 0 Å². The van der Waals surface area contributed by atoms with Gasteiger partial charge in [-0.05, 0) is 12.1 Å². The number of hydrogen-bond acceptors (Lipinski definition) is 4. The molecular formula is C8H9BClNO3. The lowest BCUT2D eigenvalue weighted by molar-refractivity contribution is 0.198. The summed E-state index contributed by atoms with van der Waals surface area (Å²) in [5, 5.41) is 19.4. The highest BCUT2D eigenvalue weighted by atomic mass is 35.5. The van der Waals surface area contributed by atoms with E-state index in [1.165, 1.54) is 6.07 Å². The third-order valence-corrected chi connectivity index (χ3v) is 2.62. The number of fused-ring (bicyclic) bond motifs is 1. The van der Waals surface area contributed by atoms with Gasteiger partial charge in [-0.25, -0.2) is 0 Å². The smallest absolute Gasteiger partial charge is 0.495 e. The molecule has 0 saturated heterocycles. The third-order valence-electron chi connectivity index (χ3n) is 2.29. The van der Waals surface area contributed by atoms with Crippen LogP contribution in [0.5, 0.6) is 5.75 Å². The van der Waals surface area contributed by atoms with Crippen LogP contribution in [-0.2, 0) is 4.65 Å². The molecule has 0 bridgehead atoms. The largest absolute Gasteiger partial charge is 0.508 e. The van der Waals surface area contributed by atoms with E-state index in [2.05, 4.69) is 0 Å². The summed E-state index contributed by atoms with van der Waals surface area (Å²) in [5.41, 5.74) is 6.37. The molecule has 1 aromatic rings. The number of rotatable bonds is 1. The number of aromatic hydroxyl groups is 1. The van der Waals surface area contributed by atoms with Gasteiger partial charge in [0.1, 0.15) is 5.75 Å². The molecule has 1 aliphatic rings. The zero-order chi connectivity index (χ0) is 10.3. The second kappa shape index (κ2) is 3.44. The van der Waals surface area contributed by atoms with E-state index in [1.807, 2.05) is 0 Å². The van der Waals surface area contributed by atoms with Crippen molar-refractivity contribution in [2.24, 2.45) is 5.73 Å². The molecule has 0 fully saturated rings. The second-order valence-electron chi connectivity index (χ2n) is 3.11. The summed E-state index contributed by atoms with van der Waals surface area (Å²) in [5.74, 6) is -0.0205. The fraction of sp³-hybridized carbons (Fsp3) is 0.250. The average Bonchev–Trinajstić information content (AvgIpc) is 2.50. The first-order valence-electron chi connectivity index (χ1n) is 4.20. The van der Waals surface area contributed by atoms with E-state index in [-0.39, 0.29) is 12.3 Å². The lowest BCUT2D eigenvalue weighted by Gasteiger charge is -2.10. The molecule has 4 nitrogen and oxygen atoms in total. The molecular weight excluding hydrogens is 204 g/mol. The van der Waals surface area contributed by atoms with Crippen LogP contribution in [0.2, 0.25) is 5.02 Å². The van der Waals surface area contributed by atoms with Gasteiger partial charge in [0.2, 0.25) is 0 Å². The molecule has 2 rings (SSSR count). The summed E-state index contributed by atoms with van der Waals surface area (Å²) in [4.78, 5) is 0. The molecule has 74 valence electrons. The van der Waals surface area contributed by atoms with Crippen molar-refractivity contribution in [3.05, 3.63) is 22.7 Å². The summed E-state index contributed by atoms with van der Waals surface area (Å²) in [7, 11) is -1.14. The summed E-state index contributed by atoms with van der Waals surface area (Å²) in [6.45, 7) is 0.216. The van der Waals surface area contributed by atoms with E-state index < -0.39 is 13.2 Å². The molecule has 1 atom stereocenters. The van der Waals surface area contributed by atoms with Crippen molar-refractivity contribution in [3.8, 4) is 5.75 Å². The van der Waals surface area contributed by atoms with Crippen LogP contribution in [0.1, 0.15) is 11.7 Å². The molecule has 0 spiro atoms. The van der Waals surface area contributed by atoms with Gasteiger partial charge in [0.05, 0.1) is 6.10 Å². The molecule has 4 N–H and O–H groups in total. The molecule has 1 aliphatic heterocycles. The van der Waals surface area contributed by atoms with Gasteiger partial charge < -0.3 is 20.5 Å². The Morgan fingerprint density at radius 1 is 1.57 bits per heavy atom. The Bertz CT molecular complexity index is 374. The quantitative estimate of drug-likeness (QED) is 0.563. The maximum atomic E-state index is 9.50. The molecule has 6 heteroatoms. The lowest BCUT2D eigenvalue weighted by atomic mass is 9.78. The highest BCUT2D eigenvalue weighted by molar-refractivity contribution is 6.63. The molecule has 0 aliphatic carbocycles. The number of benzene rings is 1. The van der Waals surface area contributed by atoms with E-state index in [4.69, 9.17) is 22.0 Å². The molecule has 0 amide bonds. The normalized spacial score (nSPS) is 19.9. The van der Waals surface area contributed by atoms with Crippen LogP contribution in [0.25, 0.3) is 0 Å². The zero-order valence-electron chi connectivity index (χ0n) is 7.27. The fourth-order valence-corrected chi connectivity index (χ4v) is 1.94. The van der Waals surface area contributed by atoms with Gasteiger partial charge in [0.15, 0.2) is 0 Å². The summed E-state index contributed by atoms with van der Waals surface area (Å²) >= 11 is 5.92. The Labute approximate surface area is 86.4 Å². The van der Waals surface area contributed by atoms with Crippen LogP contribution < -0.4 is 11.2 Å². The van der Waals surface area contributed by atoms with Gasteiger partial charge in [0.25, 0.3) is 0 Å². The summed E-state index contributed by atoms with van der Waals surface area (Å²) in [6, 6.07) is 2.98. The zero-order valence-corrected chi connectivity index (χ0v) is 8.03. The van der Waals surface area contributed by atoms with E-state index in [0.29, 0.717) is 16.0 Å². The van der Waals surface area contributed by atoms with Crippen molar-refractivity contribution in [1.29, 1.82) is 0 Å². The topological polar surface area (TPSA) is 75.7 Å². The van der Waals surface area contributed by atoms with Gasteiger partial charge in [-0.15, -0.1) is 0 Å². The first kappa shape index (κ1) is 9.80. The maximum absolute atomic E-state index is 9.50. The predicted molar refractivity (Wildman–Crippen MR) is 53.6 cm³/mol. The van der Waals surface area contributed by atoms with Gasteiger partial charge in [-0.3, -0.25) is 0 Å². The minimum atomic E-state index is -1.14. The van der Waals surface area contributed by atoms with Crippen molar-refractivity contribution in [3.63, 3.8) is 0 Å². The number of phenolic OH excluding ortho intramolecular Hbond substituents is 1. The Morgan fingerprint density at radius 2 is 2.29 bits per heavy atom. The van der Waals surface area contributed by atoms with Crippen molar-refractivity contribution >= 4 is 24.2 Å². The second-order valence-corrected chi connectivity index (χ2v) is 3.51. The minimum Gasteiger partial charge on any atom is -0.508 e. The molecule has 0 radical (unpaired) electrons. The molecule has 1 aromatic carbocycles. The molecule has 0 unspecified atom stereocenters. The highest BCUT2D eigenvalue weighted by Gasteiger charge is 2.38. The SMILES string of the molecule is NC[C@@H]1OB(O)c2c(O)ccc(Cl)c21. The Hall–Kier alpha value is -0.745. The van der Waals surface area contributed by atoms with Crippen molar-refractivity contribution < 1.29 is 14.8 Å². The average molecular weight is 213 g/mol. The standard InChI is InChI=1S/C8H9BClNO3/c10-4-1-2-5(12)8-7(4)6(3-11)14-9(8)13/h1-2,6,12-13H,3,11H2/t6-/m0/s1. The summed E-state index contributed by atoms with van der Waals surface area (Å²) in [6.07, 6.45) is -0.445. The van der Waals surface area contributed by atoms with Crippen molar-refractivity contribution in [2.75, 3.05) is 6.54 Å². The Kier molecular flexibility index (Phi) is 2.40. The first-order chi connectivity index (χ1) is 6.65. The molecule has 14 heavy (non-hydrogen) atoms. The monoisotopic (exact) mass is 213 g/mol. The molecule has 0 aromatic heterocycles. The number of hydrogen-bond donors (Lipinski definition) is 3. The van der Waals surface area contributed by atoms with Gasteiger partial charge in [-0.1, -0.05) is 11.6 Å². The van der Waals surface area contributed by atoms with Gasteiger partial charge in [-0.2, -0.15) is 0 Å². The van der Waals surface area contributed by atoms with Crippen LogP contribution in [0.3, 0.4) is 0 Å². The maximum Gasteiger partial charge on any atom is 0.495 e. The molecule has 1 heterocycles. The third kappa shape index (κ3) is 1.29. The van der Waals surface area contributed by atoms with E-state index in [1.54, 1.807) is 6.07 Å². The van der Waals surface area contributed by atoms with E-state index >= 15 is 0 Å². The van der Waals surface area contributed by atoms with Gasteiger partial charge in [0, 0.05) is 22.6 Å². The minimum absolute atomic E-state index is 0.0205. The van der Waals surface area contributed by atoms with E-state index in [0.717, 1.165) is 0 Å². The number of halogens is 1. The highest BCUT2D eigenvalue weighted by Crippen LogP contribution is 2.32. The van der Waals surface area contributed by atoms with Crippen LogP contribution in [-0.4, -0.2) is 23.8 Å². The van der Waals surface area contributed by atoms with Crippen LogP contribution in [0.15, 0.2) is 12.1 Å². The van der Waals surface area contributed by atoms with Gasteiger partial charge >= 0.3 is 7.12 Å². The van der Waals surface area contributed by atoms with Crippen LogP contribution >= 0.6 is 11.6 Å². The Balaban J connectivity index is 2.60.